The minimum Gasteiger partial charge on any atom is -0.457 e. The maximum atomic E-state index is 13.2. The third kappa shape index (κ3) is 5.65. The molecule has 0 bridgehead atoms. The third-order valence-electron chi connectivity index (χ3n) is 7.44. The predicted octanol–water partition coefficient (Wildman–Crippen LogP) is 3.81. The molecule has 5 rings (SSSR count). The van der Waals surface area contributed by atoms with Crippen molar-refractivity contribution in [3.8, 4) is 11.5 Å². The maximum Gasteiger partial charge on any atom is 0.251 e. The van der Waals surface area contributed by atoms with Gasteiger partial charge in [-0.1, -0.05) is 25.1 Å². The summed E-state index contributed by atoms with van der Waals surface area (Å²) in [5.74, 6) is 0.407. The summed E-state index contributed by atoms with van der Waals surface area (Å²) in [6.07, 6.45) is 1.43. The molecule has 1 saturated heterocycles. The van der Waals surface area contributed by atoms with E-state index < -0.39 is 6.04 Å². The molecule has 39 heavy (non-hydrogen) atoms. The Morgan fingerprint density at radius 2 is 1.79 bits per heavy atom. The van der Waals surface area contributed by atoms with E-state index in [2.05, 4.69) is 17.6 Å². The SMILES string of the molecule is C[C@H](NC(=O)[C@@H]1C[C@]2(C)C[C@@H]2N1C(=O)CNC(=O)c1ccc(Oc2ccccc2)cc1)c1cc(C(=N)N)cs1. The standard InChI is InChI=1S/C29H31N5O4S/c1-17(23-12-19(16-39-23)26(30)31)33-28(37)22-13-29(2)14-24(29)34(22)25(35)15-32-27(36)18-8-10-21(11-9-18)38-20-6-4-3-5-7-20/h3-12,16-17,22,24H,13-15H2,1-2H3,(H3,30,31)(H,32,36)(H,33,37)/t17-,22-,24-,29+/m0/s1. The van der Waals surface area contributed by atoms with E-state index in [9.17, 15) is 14.4 Å². The number of nitrogen functional groups attached to an aromatic ring is 1. The summed E-state index contributed by atoms with van der Waals surface area (Å²) >= 11 is 1.42. The molecule has 2 fully saturated rings. The van der Waals surface area contributed by atoms with E-state index in [1.165, 1.54) is 11.3 Å². The second-order valence-corrected chi connectivity index (χ2v) is 11.3. The summed E-state index contributed by atoms with van der Waals surface area (Å²) in [6, 6.07) is 16.9. The van der Waals surface area contributed by atoms with Gasteiger partial charge in [-0.3, -0.25) is 19.8 Å². The van der Waals surface area contributed by atoms with Crippen LogP contribution in [0, 0.1) is 10.8 Å². The van der Waals surface area contributed by atoms with Crippen molar-refractivity contribution < 1.29 is 19.1 Å². The number of nitrogens with zero attached hydrogens (tertiary/aromatic N) is 1. The quantitative estimate of drug-likeness (QED) is 0.239. The number of nitrogens with two attached hydrogens (primary N) is 1. The summed E-state index contributed by atoms with van der Waals surface area (Å²) in [5.41, 5.74) is 6.51. The van der Waals surface area contributed by atoms with Gasteiger partial charge in [-0.2, -0.15) is 0 Å². The zero-order valence-electron chi connectivity index (χ0n) is 21.8. The molecule has 202 valence electrons. The van der Waals surface area contributed by atoms with Crippen LogP contribution in [-0.4, -0.2) is 47.1 Å². The first kappa shape index (κ1) is 26.4. The highest BCUT2D eigenvalue weighted by molar-refractivity contribution is 7.10. The normalized spacial score (nSPS) is 21.9. The number of thiophene rings is 1. The van der Waals surface area contributed by atoms with Crippen LogP contribution in [0.5, 0.6) is 11.5 Å². The molecule has 2 aliphatic rings. The van der Waals surface area contributed by atoms with Gasteiger partial charge in [-0.15, -0.1) is 11.3 Å². The van der Waals surface area contributed by atoms with Crippen molar-refractivity contribution >= 4 is 34.9 Å². The lowest BCUT2D eigenvalue weighted by atomic mass is 10.0. The number of para-hydroxylation sites is 1. The van der Waals surface area contributed by atoms with Gasteiger partial charge < -0.3 is 26.0 Å². The molecule has 3 aromatic rings. The van der Waals surface area contributed by atoms with Gasteiger partial charge in [0.2, 0.25) is 11.8 Å². The van der Waals surface area contributed by atoms with Crippen LogP contribution >= 0.6 is 11.3 Å². The second-order valence-electron chi connectivity index (χ2n) is 10.4. The number of carbonyl (C=O) groups excluding carboxylic acids is 3. The number of rotatable bonds is 9. The lowest BCUT2D eigenvalue weighted by molar-refractivity contribution is -0.139. The third-order valence-corrected chi connectivity index (χ3v) is 8.55. The molecule has 1 saturated carbocycles. The lowest BCUT2D eigenvalue weighted by Gasteiger charge is -2.28. The van der Waals surface area contributed by atoms with Gasteiger partial charge in [0.15, 0.2) is 0 Å². The van der Waals surface area contributed by atoms with Gasteiger partial charge in [-0.05, 0) is 67.6 Å². The molecule has 2 aromatic carbocycles. The summed E-state index contributed by atoms with van der Waals surface area (Å²) < 4.78 is 5.76. The molecule has 4 atom stereocenters. The number of carbonyl (C=O) groups is 3. The number of nitrogens with one attached hydrogen (secondary N) is 3. The lowest BCUT2D eigenvalue weighted by Crippen LogP contribution is -2.51. The van der Waals surface area contributed by atoms with Gasteiger partial charge in [0.05, 0.1) is 12.6 Å². The van der Waals surface area contributed by atoms with Crippen LogP contribution < -0.4 is 21.1 Å². The first-order valence-corrected chi connectivity index (χ1v) is 13.7. The van der Waals surface area contributed by atoms with Gasteiger partial charge in [0.1, 0.15) is 23.4 Å². The Hall–Kier alpha value is -4.18. The molecule has 2 heterocycles. The van der Waals surface area contributed by atoms with Crippen LogP contribution in [0.2, 0.25) is 0 Å². The monoisotopic (exact) mass is 545 g/mol. The average Bonchev–Trinajstić information content (AvgIpc) is 3.25. The largest absolute Gasteiger partial charge is 0.457 e. The molecule has 1 aliphatic heterocycles. The number of piperidine rings is 1. The Labute approximate surface area is 230 Å². The maximum absolute atomic E-state index is 13.2. The van der Waals surface area contributed by atoms with Crippen LogP contribution in [0.15, 0.2) is 66.0 Å². The average molecular weight is 546 g/mol. The Balaban J connectivity index is 1.18. The Morgan fingerprint density at radius 1 is 1.10 bits per heavy atom. The first-order valence-electron chi connectivity index (χ1n) is 12.8. The van der Waals surface area contributed by atoms with Gasteiger partial charge >= 0.3 is 0 Å². The van der Waals surface area contributed by atoms with Crippen molar-refractivity contribution in [1.82, 2.24) is 15.5 Å². The number of hydrogen-bond donors (Lipinski definition) is 4. The Kier molecular flexibility index (Phi) is 7.14. The highest BCUT2D eigenvalue weighted by Crippen LogP contribution is 2.59. The molecule has 0 unspecified atom stereocenters. The topological polar surface area (TPSA) is 138 Å². The summed E-state index contributed by atoms with van der Waals surface area (Å²) in [7, 11) is 0. The van der Waals surface area contributed by atoms with Crippen molar-refractivity contribution in [2.75, 3.05) is 6.54 Å². The summed E-state index contributed by atoms with van der Waals surface area (Å²) in [5, 5.41) is 15.1. The second kappa shape index (κ2) is 10.5. The van der Waals surface area contributed by atoms with E-state index in [4.69, 9.17) is 15.9 Å². The first-order chi connectivity index (χ1) is 18.6. The predicted molar refractivity (Wildman–Crippen MR) is 149 cm³/mol. The molecule has 10 heteroatoms. The van der Waals surface area contributed by atoms with E-state index in [1.54, 1.807) is 40.6 Å². The number of likely N-dealkylation sites (tertiary alicyclic amines) is 1. The zero-order valence-corrected chi connectivity index (χ0v) is 22.6. The smallest absolute Gasteiger partial charge is 0.251 e. The number of hydrogen-bond acceptors (Lipinski definition) is 6. The molecule has 1 aromatic heterocycles. The van der Waals surface area contributed by atoms with Crippen molar-refractivity contribution in [3.05, 3.63) is 82.0 Å². The summed E-state index contributed by atoms with van der Waals surface area (Å²) in [4.78, 5) is 41.8. The molecule has 0 radical (unpaired) electrons. The van der Waals surface area contributed by atoms with Crippen LogP contribution in [0.25, 0.3) is 0 Å². The fraction of sp³-hybridized carbons (Fsp3) is 0.310. The molecular weight excluding hydrogens is 514 g/mol. The van der Waals surface area contributed by atoms with Crippen LogP contribution in [0.4, 0.5) is 0 Å². The number of amides is 3. The highest BCUT2D eigenvalue weighted by atomic mass is 32.1. The number of ether oxygens (including phenoxy) is 1. The Bertz CT molecular complexity index is 1410. The molecule has 5 N–H and O–H groups in total. The van der Waals surface area contributed by atoms with E-state index in [1.807, 2.05) is 37.3 Å². The van der Waals surface area contributed by atoms with Crippen molar-refractivity contribution in [3.63, 3.8) is 0 Å². The van der Waals surface area contributed by atoms with E-state index in [0.717, 1.165) is 11.3 Å². The van der Waals surface area contributed by atoms with Crippen molar-refractivity contribution in [1.29, 1.82) is 5.41 Å². The minimum absolute atomic E-state index is 0.00608. The number of amidine groups is 1. The molecule has 0 spiro atoms. The molecular formula is C29H31N5O4S. The molecule has 3 amide bonds. The van der Waals surface area contributed by atoms with E-state index in [0.29, 0.717) is 29.0 Å². The van der Waals surface area contributed by atoms with Gasteiger partial charge in [0.25, 0.3) is 5.91 Å². The van der Waals surface area contributed by atoms with Crippen LogP contribution in [-0.2, 0) is 9.59 Å². The fourth-order valence-corrected chi connectivity index (χ4v) is 6.03. The summed E-state index contributed by atoms with van der Waals surface area (Å²) in [6.45, 7) is 3.76. The minimum atomic E-state index is -0.595. The van der Waals surface area contributed by atoms with Crippen LogP contribution in [0.1, 0.15) is 53.5 Å². The van der Waals surface area contributed by atoms with E-state index in [-0.39, 0.29) is 47.6 Å². The van der Waals surface area contributed by atoms with E-state index >= 15 is 0 Å². The fourth-order valence-electron chi connectivity index (χ4n) is 5.11. The van der Waals surface area contributed by atoms with Gasteiger partial charge in [-0.25, -0.2) is 0 Å². The number of benzene rings is 2. The highest BCUT2D eigenvalue weighted by Gasteiger charge is 2.64. The molecule has 1 aliphatic carbocycles. The number of fused-ring (bicyclic) bond motifs is 1. The molecule has 9 nitrogen and oxygen atoms in total. The zero-order chi connectivity index (χ0) is 27.7. The Morgan fingerprint density at radius 3 is 2.46 bits per heavy atom. The van der Waals surface area contributed by atoms with Crippen molar-refractivity contribution in [2.24, 2.45) is 11.1 Å². The van der Waals surface area contributed by atoms with Crippen LogP contribution in [0.3, 0.4) is 0 Å². The van der Waals surface area contributed by atoms with Crippen molar-refractivity contribution in [2.45, 2.75) is 44.8 Å². The van der Waals surface area contributed by atoms with Gasteiger partial charge in [0, 0.05) is 27.4 Å².